The number of carbonyl (C=O) groups is 2. The molecule has 2 aromatic rings. The van der Waals surface area contributed by atoms with E-state index in [1.807, 2.05) is 0 Å². The lowest BCUT2D eigenvalue weighted by Gasteiger charge is -2.30. The fourth-order valence-electron chi connectivity index (χ4n) is 3.74. The lowest BCUT2D eigenvalue weighted by molar-refractivity contribution is -0.137. The van der Waals surface area contributed by atoms with Crippen molar-refractivity contribution in [1.29, 1.82) is 0 Å². The van der Waals surface area contributed by atoms with E-state index in [1.165, 1.54) is 0 Å². The zero-order valence-electron chi connectivity index (χ0n) is 18.8. The minimum atomic E-state index is -4.65. The Morgan fingerprint density at radius 1 is 1.09 bits per heavy atom. The molecule has 1 aliphatic heterocycles. The number of anilines is 1. The van der Waals surface area contributed by atoms with Crippen LogP contribution in [0.4, 0.5) is 18.9 Å². The van der Waals surface area contributed by atoms with Gasteiger partial charge in [-0.25, -0.2) is 8.42 Å². The van der Waals surface area contributed by atoms with Crippen LogP contribution in [0.15, 0.2) is 47.4 Å². The van der Waals surface area contributed by atoms with Gasteiger partial charge in [-0.15, -0.1) is 0 Å². The Kier molecular flexibility index (Phi) is 7.67. The van der Waals surface area contributed by atoms with Crippen LogP contribution in [-0.4, -0.2) is 44.2 Å². The second-order valence-corrected chi connectivity index (χ2v) is 10.0. The number of piperidine rings is 1. The predicted molar refractivity (Wildman–Crippen MR) is 121 cm³/mol. The molecule has 2 N–H and O–H groups in total. The van der Waals surface area contributed by atoms with Gasteiger partial charge in [0, 0.05) is 36.8 Å². The molecule has 1 saturated heterocycles. The largest absolute Gasteiger partial charge is 0.416 e. The summed E-state index contributed by atoms with van der Waals surface area (Å²) in [5, 5.41) is 5.51. The lowest BCUT2D eigenvalue weighted by Crippen LogP contribution is -2.41. The summed E-state index contributed by atoms with van der Waals surface area (Å²) in [6, 6.07) is 8.61. The van der Waals surface area contributed by atoms with Gasteiger partial charge in [0.25, 0.3) is 5.91 Å². The lowest BCUT2D eigenvalue weighted by atomic mass is 9.97. The Labute approximate surface area is 196 Å². The number of benzene rings is 2. The van der Waals surface area contributed by atoms with Crippen molar-refractivity contribution < 1.29 is 31.2 Å². The molecule has 11 heteroatoms. The predicted octanol–water partition coefficient (Wildman–Crippen LogP) is 3.80. The molecule has 3 rings (SSSR count). The van der Waals surface area contributed by atoms with E-state index in [-0.39, 0.29) is 37.7 Å². The molecule has 0 aromatic heterocycles. The van der Waals surface area contributed by atoms with Gasteiger partial charge in [-0.1, -0.05) is 12.1 Å². The third-order valence-corrected chi connectivity index (χ3v) is 7.61. The Morgan fingerprint density at radius 3 is 2.38 bits per heavy atom. The van der Waals surface area contributed by atoms with Crippen LogP contribution in [0.5, 0.6) is 0 Å². The summed E-state index contributed by atoms with van der Waals surface area (Å²) in [7, 11) is -4.12. The normalized spacial score (nSPS) is 15.7. The summed E-state index contributed by atoms with van der Waals surface area (Å²) in [4.78, 5) is 24.4. The molecular weight excluding hydrogens is 471 g/mol. The Hall–Kier alpha value is -2.92. The van der Waals surface area contributed by atoms with Crippen LogP contribution in [0.2, 0.25) is 0 Å². The highest BCUT2D eigenvalue weighted by atomic mass is 32.2. The molecular formula is C23H26F3N3O4S. The molecule has 0 unspecified atom stereocenters. The van der Waals surface area contributed by atoms with Crippen molar-refractivity contribution in [2.45, 2.75) is 37.8 Å². The van der Waals surface area contributed by atoms with Crippen LogP contribution >= 0.6 is 0 Å². The van der Waals surface area contributed by atoms with Crippen LogP contribution in [-0.2, 0) is 21.0 Å². The number of sulfonamides is 1. The molecule has 184 valence electrons. The van der Waals surface area contributed by atoms with Crippen molar-refractivity contribution >= 4 is 27.5 Å². The van der Waals surface area contributed by atoms with Crippen molar-refractivity contribution in [3.63, 3.8) is 0 Å². The zero-order valence-corrected chi connectivity index (χ0v) is 19.6. The molecule has 2 amide bonds. The quantitative estimate of drug-likeness (QED) is 0.635. The van der Waals surface area contributed by atoms with Gasteiger partial charge in [-0.2, -0.15) is 17.5 Å². The van der Waals surface area contributed by atoms with Crippen LogP contribution in [0.3, 0.4) is 0 Å². The molecule has 1 fully saturated rings. The van der Waals surface area contributed by atoms with E-state index in [9.17, 15) is 31.2 Å². The Balaban J connectivity index is 1.66. The molecule has 2 aromatic carbocycles. The minimum absolute atomic E-state index is 0.00853. The first-order valence-corrected chi connectivity index (χ1v) is 12.2. The van der Waals surface area contributed by atoms with E-state index in [4.69, 9.17) is 0 Å². The molecule has 0 aliphatic carbocycles. The van der Waals surface area contributed by atoms with Crippen LogP contribution in [0.1, 0.15) is 41.3 Å². The number of nitrogens with one attached hydrogen (secondary N) is 2. The summed E-state index contributed by atoms with van der Waals surface area (Å²) < 4.78 is 65.7. The van der Waals surface area contributed by atoms with E-state index < -0.39 is 32.6 Å². The van der Waals surface area contributed by atoms with Crippen molar-refractivity contribution in [2.24, 2.45) is 5.92 Å². The smallest absolute Gasteiger partial charge is 0.352 e. The molecule has 0 saturated carbocycles. The second-order valence-electron chi connectivity index (χ2n) is 8.08. The number of nitrogens with zero attached hydrogens (tertiary/aromatic N) is 1. The van der Waals surface area contributed by atoms with Gasteiger partial charge >= 0.3 is 6.18 Å². The monoisotopic (exact) mass is 497 g/mol. The van der Waals surface area contributed by atoms with Gasteiger partial charge in [0.05, 0.1) is 10.5 Å². The highest BCUT2D eigenvalue weighted by molar-refractivity contribution is 7.89. The van der Waals surface area contributed by atoms with Gasteiger partial charge in [-0.05, 0) is 62.6 Å². The molecule has 0 spiro atoms. The Morgan fingerprint density at radius 2 is 1.76 bits per heavy atom. The van der Waals surface area contributed by atoms with Gasteiger partial charge in [0.2, 0.25) is 15.9 Å². The van der Waals surface area contributed by atoms with Crippen molar-refractivity contribution in [3.05, 3.63) is 59.2 Å². The number of alkyl halides is 3. The summed E-state index contributed by atoms with van der Waals surface area (Å²) in [6.45, 7) is 4.08. The molecule has 0 atom stereocenters. The molecule has 7 nitrogen and oxygen atoms in total. The summed E-state index contributed by atoms with van der Waals surface area (Å²) in [6.07, 6.45) is -4.21. The molecule has 1 heterocycles. The Bertz CT molecular complexity index is 1170. The van der Waals surface area contributed by atoms with E-state index in [0.717, 1.165) is 28.1 Å². The number of carbonyl (C=O) groups excluding carboxylic acids is 2. The highest BCUT2D eigenvalue weighted by Crippen LogP contribution is 2.32. The molecule has 0 bridgehead atoms. The van der Waals surface area contributed by atoms with Crippen LogP contribution in [0.25, 0.3) is 0 Å². The summed E-state index contributed by atoms with van der Waals surface area (Å²) >= 11 is 0. The number of rotatable bonds is 6. The standard InChI is InChI=1S/C23H26F3N3O4S/c1-3-27-21(30)17-8-7-15(2)20(13-17)28-22(31)16-9-11-29(12-10-16)34(32,33)19-6-4-5-18(14-19)23(24,25)26/h4-8,13-14,16H,3,9-12H2,1-2H3,(H,27,30)(H,28,31). The highest BCUT2D eigenvalue weighted by Gasteiger charge is 2.35. The van der Waals surface area contributed by atoms with Crippen molar-refractivity contribution in [1.82, 2.24) is 9.62 Å². The molecule has 1 aliphatic rings. The van der Waals surface area contributed by atoms with Gasteiger partial charge in [0.15, 0.2) is 0 Å². The fourth-order valence-corrected chi connectivity index (χ4v) is 5.25. The SMILES string of the molecule is CCNC(=O)c1ccc(C)c(NC(=O)C2CCN(S(=O)(=O)c3cccc(C(F)(F)F)c3)CC2)c1. The van der Waals surface area contributed by atoms with E-state index in [1.54, 1.807) is 32.0 Å². The summed E-state index contributed by atoms with van der Waals surface area (Å²) in [5.41, 5.74) is 0.636. The fraction of sp³-hybridized carbons (Fsp3) is 0.391. The third kappa shape index (κ3) is 5.76. The van der Waals surface area contributed by atoms with E-state index in [0.29, 0.717) is 23.9 Å². The van der Waals surface area contributed by atoms with E-state index >= 15 is 0 Å². The zero-order chi connectivity index (χ0) is 25.1. The number of hydrogen-bond acceptors (Lipinski definition) is 4. The maximum atomic E-state index is 13.0. The number of aryl methyl sites for hydroxylation is 1. The second kappa shape index (κ2) is 10.1. The van der Waals surface area contributed by atoms with Crippen molar-refractivity contribution in [3.8, 4) is 0 Å². The topological polar surface area (TPSA) is 95.6 Å². The van der Waals surface area contributed by atoms with Gasteiger partial charge in [0.1, 0.15) is 0 Å². The van der Waals surface area contributed by atoms with Gasteiger partial charge in [-0.3, -0.25) is 9.59 Å². The molecule has 34 heavy (non-hydrogen) atoms. The third-order valence-electron chi connectivity index (χ3n) is 5.72. The van der Waals surface area contributed by atoms with Crippen LogP contribution in [0, 0.1) is 12.8 Å². The average Bonchev–Trinajstić information content (AvgIpc) is 2.80. The first kappa shape index (κ1) is 25.7. The van der Waals surface area contributed by atoms with Crippen molar-refractivity contribution in [2.75, 3.05) is 25.0 Å². The first-order valence-electron chi connectivity index (χ1n) is 10.8. The summed E-state index contributed by atoms with van der Waals surface area (Å²) in [5.74, 6) is -1.03. The minimum Gasteiger partial charge on any atom is -0.352 e. The first-order chi connectivity index (χ1) is 15.9. The van der Waals surface area contributed by atoms with Gasteiger partial charge < -0.3 is 10.6 Å². The number of amides is 2. The van der Waals surface area contributed by atoms with Crippen LogP contribution < -0.4 is 10.6 Å². The maximum Gasteiger partial charge on any atom is 0.416 e. The maximum absolute atomic E-state index is 13.0. The van der Waals surface area contributed by atoms with E-state index in [2.05, 4.69) is 10.6 Å². The molecule has 0 radical (unpaired) electrons. The number of halogens is 3. The number of hydrogen-bond donors (Lipinski definition) is 2. The average molecular weight is 498 g/mol.